The number of nitrogens with one attached hydrogen (secondary N) is 1. The molecule has 0 bridgehead atoms. The zero-order chi connectivity index (χ0) is 22.7. The van der Waals surface area contributed by atoms with Gasteiger partial charge in [0.25, 0.3) is 11.5 Å². The van der Waals surface area contributed by atoms with Crippen molar-refractivity contribution < 1.29 is 9.53 Å². The first-order valence-electron chi connectivity index (χ1n) is 10.1. The van der Waals surface area contributed by atoms with Crippen molar-refractivity contribution in [2.24, 2.45) is 0 Å². The summed E-state index contributed by atoms with van der Waals surface area (Å²) in [5.41, 5.74) is 1.19. The maximum absolute atomic E-state index is 12.8. The summed E-state index contributed by atoms with van der Waals surface area (Å²) in [7, 11) is 0. The Bertz CT molecular complexity index is 1330. The van der Waals surface area contributed by atoms with Gasteiger partial charge in [0.15, 0.2) is 17.4 Å². The van der Waals surface area contributed by atoms with E-state index in [9.17, 15) is 9.59 Å². The molecule has 9 nitrogen and oxygen atoms in total. The molecule has 0 aliphatic heterocycles. The lowest BCUT2D eigenvalue weighted by Crippen LogP contribution is -2.23. The van der Waals surface area contributed by atoms with E-state index >= 15 is 0 Å². The number of ether oxygens (including phenoxy) is 1. The molecule has 164 valence electrons. The molecule has 0 unspecified atom stereocenters. The fraction of sp³-hybridized carbons (Fsp3) is 0.227. The van der Waals surface area contributed by atoms with Gasteiger partial charge in [0, 0.05) is 36.4 Å². The van der Waals surface area contributed by atoms with E-state index in [1.165, 1.54) is 10.9 Å². The first-order valence-corrected chi connectivity index (χ1v) is 10.5. The number of Topliss-reactive ketones (excluding diaryl/α,β-unsaturated/α-hetero) is 1. The zero-order valence-corrected chi connectivity index (χ0v) is 18.3. The summed E-state index contributed by atoms with van der Waals surface area (Å²) in [6.07, 6.45) is 5.22. The molecule has 0 fully saturated rings. The Kier molecular flexibility index (Phi) is 6.18. The molecule has 3 heterocycles. The molecule has 3 aromatic heterocycles. The summed E-state index contributed by atoms with van der Waals surface area (Å²) in [5, 5.41) is 8.44. The Balaban J connectivity index is 1.70. The largest absolute Gasteiger partial charge is 0.480 e. The molecule has 0 atom stereocenters. The van der Waals surface area contributed by atoms with Gasteiger partial charge < -0.3 is 14.6 Å². The summed E-state index contributed by atoms with van der Waals surface area (Å²) in [6, 6.07) is 8.96. The van der Waals surface area contributed by atoms with Gasteiger partial charge in [-0.15, -0.1) is 0 Å². The molecule has 1 N–H and O–H groups in total. The summed E-state index contributed by atoms with van der Waals surface area (Å²) in [4.78, 5) is 33.0. The van der Waals surface area contributed by atoms with Gasteiger partial charge in [-0.25, -0.2) is 9.67 Å². The minimum Gasteiger partial charge on any atom is -0.480 e. The molecule has 32 heavy (non-hydrogen) atoms. The molecule has 0 aliphatic carbocycles. The highest BCUT2D eigenvalue weighted by atomic mass is 35.5. The minimum atomic E-state index is -0.271. The zero-order valence-electron chi connectivity index (χ0n) is 17.6. The number of carbonyl (C=O) groups is 1. The van der Waals surface area contributed by atoms with E-state index in [2.05, 4.69) is 20.4 Å². The van der Waals surface area contributed by atoms with Gasteiger partial charge in [0.05, 0.1) is 11.7 Å². The van der Waals surface area contributed by atoms with Crippen LogP contribution in [-0.2, 0) is 11.3 Å². The van der Waals surface area contributed by atoms with Crippen LogP contribution in [0.3, 0.4) is 0 Å². The van der Waals surface area contributed by atoms with Crippen LogP contribution in [0.5, 0.6) is 5.75 Å². The topological polar surface area (TPSA) is 104 Å². The van der Waals surface area contributed by atoms with Crippen molar-refractivity contribution in [3.05, 3.63) is 64.3 Å². The number of nitrogens with zero attached hydrogens (tertiary/aromatic N) is 5. The van der Waals surface area contributed by atoms with Crippen LogP contribution in [0.1, 0.15) is 20.3 Å². The number of ketones is 1. The summed E-state index contributed by atoms with van der Waals surface area (Å²) < 4.78 is 8.66. The smallest absolute Gasteiger partial charge is 0.293 e. The molecule has 4 rings (SSSR count). The van der Waals surface area contributed by atoms with E-state index < -0.39 is 0 Å². The second-order valence-corrected chi connectivity index (χ2v) is 7.36. The molecule has 1 aromatic carbocycles. The molecule has 0 amide bonds. The van der Waals surface area contributed by atoms with Crippen molar-refractivity contribution in [3.63, 3.8) is 0 Å². The molecule has 4 aromatic rings. The van der Waals surface area contributed by atoms with Crippen molar-refractivity contribution in [2.75, 3.05) is 11.9 Å². The lowest BCUT2D eigenvalue weighted by molar-refractivity contribution is -0.120. The van der Waals surface area contributed by atoms with E-state index in [0.29, 0.717) is 35.4 Å². The number of hydrogen-bond donors (Lipinski definition) is 1. The monoisotopic (exact) mass is 452 g/mol. The van der Waals surface area contributed by atoms with Gasteiger partial charge in [0.2, 0.25) is 0 Å². The number of aryl methyl sites for hydroxylation is 1. The predicted octanol–water partition coefficient (Wildman–Crippen LogP) is 3.75. The lowest BCUT2D eigenvalue weighted by Gasteiger charge is -2.14. The number of anilines is 2. The van der Waals surface area contributed by atoms with Crippen molar-refractivity contribution in [3.8, 4) is 11.7 Å². The van der Waals surface area contributed by atoms with Crippen LogP contribution in [-0.4, -0.2) is 36.7 Å². The van der Waals surface area contributed by atoms with Crippen LogP contribution in [0, 0.1) is 0 Å². The fourth-order valence-corrected chi connectivity index (χ4v) is 3.33. The van der Waals surface area contributed by atoms with Gasteiger partial charge >= 0.3 is 0 Å². The second kappa shape index (κ2) is 9.19. The third kappa shape index (κ3) is 4.33. The first-order chi connectivity index (χ1) is 15.5. The quantitative estimate of drug-likeness (QED) is 0.434. The number of halogens is 1. The highest BCUT2D eigenvalue weighted by Gasteiger charge is 2.13. The average molecular weight is 453 g/mol. The summed E-state index contributed by atoms with van der Waals surface area (Å²) in [6.45, 7) is 3.97. The highest BCUT2D eigenvalue weighted by molar-refractivity contribution is 6.32. The molecule has 0 aliphatic rings. The van der Waals surface area contributed by atoms with E-state index in [1.807, 2.05) is 25.1 Å². The molecule has 0 saturated carbocycles. The Labute approximate surface area is 188 Å². The van der Waals surface area contributed by atoms with Crippen LogP contribution < -0.4 is 15.6 Å². The maximum atomic E-state index is 12.8. The third-order valence-electron chi connectivity index (χ3n) is 4.86. The van der Waals surface area contributed by atoms with Gasteiger partial charge in [-0.2, -0.15) is 10.1 Å². The molecule has 0 spiro atoms. The van der Waals surface area contributed by atoms with E-state index in [1.54, 1.807) is 36.0 Å². The molecular weight excluding hydrogens is 432 g/mol. The number of rotatable bonds is 8. The van der Waals surface area contributed by atoms with E-state index in [4.69, 9.17) is 16.3 Å². The summed E-state index contributed by atoms with van der Waals surface area (Å²) in [5.74, 6) is 0.854. The summed E-state index contributed by atoms with van der Waals surface area (Å²) >= 11 is 6.29. The van der Waals surface area contributed by atoms with E-state index in [0.717, 1.165) is 10.9 Å². The van der Waals surface area contributed by atoms with Gasteiger partial charge in [-0.05, 0) is 37.3 Å². The average Bonchev–Trinajstić information content (AvgIpc) is 3.34. The van der Waals surface area contributed by atoms with Gasteiger partial charge in [0.1, 0.15) is 11.6 Å². The Hall–Kier alpha value is -3.72. The predicted molar refractivity (Wildman–Crippen MR) is 122 cm³/mol. The van der Waals surface area contributed by atoms with Crippen LogP contribution in [0.15, 0.2) is 53.7 Å². The second-order valence-electron chi connectivity index (χ2n) is 6.95. The maximum Gasteiger partial charge on any atom is 0.293 e. The minimum absolute atomic E-state index is 0.0747. The third-order valence-corrected chi connectivity index (χ3v) is 5.14. The first kappa shape index (κ1) is 21.5. The van der Waals surface area contributed by atoms with Crippen molar-refractivity contribution in [2.45, 2.75) is 26.8 Å². The van der Waals surface area contributed by atoms with Crippen LogP contribution in [0.2, 0.25) is 5.02 Å². The number of aromatic nitrogens is 5. The lowest BCUT2D eigenvalue weighted by atomic mass is 10.1. The molecular formula is C22H21ClN6O3. The number of benzene rings is 1. The van der Waals surface area contributed by atoms with Crippen molar-refractivity contribution in [1.82, 2.24) is 24.3 Å². The van der Waals surface area contributed by atoms with Crippen molar-refractivity contribution in [1.29, 1.82) is 0 Å². The number of carbonyl (C=O) groups excluding carboxylic acids is 1. The standard InChI is InChI=1S/C22H21ClN6O3/c1-3-16(30)13-32-19-11-14-10-15(6-7-18(14)28(4-2)21(19)31)26-20-17(23)12-24-22(27-20)29-9-5-8-25-29/h5-12H,3-4,13H2,1-2H3,(H,24,26,27). The van der Waals surface area contributed by atoms with Crippen LogP contribution >= 0.6 is 11.6 Å². The van der Waals surface area contributed by atoms with Crippen molar-refractivity contribution >= 4 is 39.8 Å². The Morgan fingerprint density at radius 2 is 2.09 bits per heavy atom. The number of hydrogen-bond acceptors (Lipinski definition) is 7. The fourth-order valence-electron chi connectivity index (χ4n) is 3.20. The normalized spacial score (nSPS) is 11.0. The molecule has 0 saturated heterocycles. The van der Waals surface area contributed by atoms with Gasteiger partial charge in [-0.3, -0.25) is 9.59 Å². The SMILES string of the molecule is CCC(=O)COc1cc2cc(Nc3nc(-n4cccn4)ncc3Cl)ccc2n(CC)c1=O. The van der Waals surface area contributed by atoms with Crippen LogP contribution in [0.4, 0.5) is 11.5 Å². The highest BCUT2D eigenvalue weighted by Crippen LogP contribution is 2.27. The molecule has 0 radical (unpaired) electrons. The Morgan fingerprint density at radius 1 is 1.25 bits per heavy atom. The Morgan fingerprint density at radius 3 is 2.81 bits per heavy atom. The van der Waals surface area contributed by atoms with E-state index in [-0.39, 0.29) is 23.7 Å². The van der Waals surface area contributed by atoms with Crippen LogP contribution in [0.25, 0.3) is 16.9 Å². The number of fused-ring (bicyclic) bond motifs is 1. The number of pyridine rings is 1. The van der Waals surface area contributed by atoms with Gasteiger partial charge in [-0.1, -0.05) is 18.5 Å². The molecule has 10 heteroatoms.